The summed E-state index contributed by atoms with van der Waals surface area (Å²) >= 11 is 6.04. The molecule has 0 aliphatic carbocycles. The Morgan fingerprint density at radius 2 is 1.81 bits per heavy atom. The molecule has 0 fully saturated rings. The second-order valence-electron chi connectivity index (χ2n) is 7.96. The van der Waals surface area contributed by atoms with Gasteiger partial charge in [0.1, 0.15) is 17.1 Å². The second kappa shape index (κ2) is 9.94. The van der Waals surface area contributed by atoms with Crippen LogP contribution in [-0.4, -0.2) is 12.5 Å². The van der Waals surface area contributed by atoms with Crippen LogP contribution < -0.4 is 20.2 Å². The topological polar surface area (TPSA) is 77.8 Å². The van der Waals surface area contributed by atoms with Gasteiger partial charge in [0, 0.05) is 16.8 Å². The highest BCUT2D eigenvalue weighted by molar-refractivity contribution is 6.31. The lowest BCUT2D eigenvalue weighted by atomic mass is 10.2. The number of nitrogens with one attached hydrogen (secondary N) is 1. The fourth-order valence-corrected chi connectivity index (χ4v) is 3.52. The van der Waals surface area contributed by atoms with Crippen molar-refractivity contribution in [2.45, 2.75) is 20.0 Å². The van der Waals surface area contributed by atoms with Crippen LogP contribution >= 0.6 is 11.6 Å². The van der Waals surface area contributed by atoms with Gasteiger partial charge in [0.05, 0.1) is 5.39 Å². The van der Waals surface area contributed by atoms with Crippen molar-refractivity contribution in [3.8, 4) is 17.2 Å². The van der Waals surface area contributed by atoms with Crippen LogP contribution in [0.15, 0.2) is 69.9 Å². The fraction of sp³-hybridized carbons (Fsp3) is 0.154. The molecule has 186 valence electrons. The molecule has 1 heterocycles. The number of carbonyl (C=O) groups is 1. The smallest absolute Gasteiger partial charge is 0.453 e. The van der Waals surface area contributed by atoms with Gasteiger partial charge in [0.25, 0.3) is 11.7 Å². The van der Waals surface area contributed by atoms with Crippen LogP contribution in [0.4, 0.5) is 18.9 Å². The predicted octanol–water partition coefficient (Wildman–Crippen LogP) is 6.89. The highest BCUT2D eigenvalue weighted by Gasteiger charge is 2.40. The number of ether oxygens (including phenoxy) is 2. The molecule has 0 saturated heterocycles. The van der Waals surface area contributed by atoms with Crippen molar-refractivity contribution >= 4 is 34.2 Å². The van der Waals surface area contributed by atoms with Gasteiger partial charge in [-0.25, -0.2) is 0 Å². The minimum Gasteiger partial charge on any atom is -0.484 e. The number of halogens is 4. The maximum absolute atomic E-state index is 13.7. The molecule has 10 heteroatoms. The number of alkyl halides is 3. The van der Waals surface area contributed by atoms with Crippen LogP contribution in [0.25, 0.3) is 11.0 Å². The Labute approximate surface area is 208 Å². The molecular weight excluding hydrogens is 499 g/mol. The highest BCUT2D eigenvalue weighted by Crippen LogP contribution is 2.38. The van der Waals surface area contributed by atoms with Gasteiger partial charge in [-0.2, -0.15) is 13.2 Å². The average Bonchev–Trinajstić information content (AvgIpc) is 2.81. The largest absolute Gasteiger partial charge is 0.484 e. The predicted molar refractivity (Wildman–Crippen MR) is 129 cm³/mol. The monoisotopic (exact) mass is 517 g/mol. The summed E-state index contributed by atoms with van der Waals surface area (Å²) in [4.78, 5) is 25.1. The maximum Gasteiger partial charge on any atom is 0.453 e. The van der Waals surface area contributed by atoms with Crippen molar-refractivity contribution in [1.82, 2.24) is 0 Å². The summed E-state index contributed by atoms with van der Waals surface area (Å²) in [6.45, 7) is 3.11. The number of anilines is 1. The van der Waals surface area contributed by atoms with Gasteiger partial charge in [-0.1, -0.05) is 29.8 Å². The molecule has 1 aromatic heterocycles. The van der Waals surface area contributed by atoms with E-state index in [0.717, 1.165) is 17.2 Å². The summed E-state index contributed by atoms with van der Waals surface area (Å²) in [5.41, 5.74) is 0.675. The lowest BCUT2D eigenvalue weighted by Crippen LogP contribution is -2.20. The number of benzene rings is 3. The summed E-state index contributed by atoms with van der Waals surface area (Å²) in [6.07, 6.45) is -5.00. The van der Waals surface area contributed by atoms with E-state index in [9.17, 15) is 22.8 Å². The normalized spacial score (nSPS) is 11.4. The van der Waals surface area contributed by atoms with Crippen LogP contribution in [0.2, 0.25) is 5.02 Å². The highest BCUT2D eigenvalue weighted by atomic mass is 35.5. The molecule has 0 bridgehead atoms. The average molecular weight is 518 g/mol. The summed E-state index contributed by atoms with van der Waals surface area (Å²) < 4.78 is 57.0. The molecule has 0 spiro atoms. The molecule has 36 heavy (non-hydrogen) atoms. The van der Waals surface area contributed by atoms with E-state index in [1.807, 2.05) is 6.92 Å². The molecule has 0 aliphatic heterocycles. The molecular formula is C26H19ClF3NO5. The third kappa shape index (κ3) is 5.63. The third-order valence-corrected chi connectivity index (χ3v) is 5.52. The lowest BCUT2D eigenvalue weighted by molar-refractivity contribution is -0.154. The van der Waals surface area contributed by atoms with Crippen LogP contribution in [0.3, 0.4) is 0 Å². The molecule has 0 radical (unpaired) electrons. The van der Waals surface area contributed by atoms with Gasteiger partial charge in [0.2, 0.25) is 11.2 Å². The Kier molecular flexibility index (Phi) is 6.94. The van der Waals surface area contributed by atoms with Gasteiger partial charge in [-0.15, -0.1) is 0 Å². The Morgan fingerprint density at radius 1 is 1.03 bits per heavy atom. The van der Waals surface area contributed by atoms with Gasteiger partial charge in [0.15, 0.2) is 6.61 Å². The zero-order chi connectivity index (χ0) is 26.0. The number of fused-ring (bicyclic) bond motifs is 1. The number of aryl methyl sites for hydroxylation is 2. The van der Waals surface area contributed by atoms with Crippen molar-refractivity contribution in [3.63, 3.8) is 0 Å². The lowest BCUT2D eigenvalue weighted by Gasteiger charge is -2.14. The second-order valence-corrected chi connectivity index (χ2v) is 8.37. The molecule has 0 atom stereocenters. The third-order valence-electron chi connectivity index (χ3n) is 5.11. The molecule has 3 aromatic carbocycles. The number of amides is 1. The molecule has 0 unspecified atom stereocenters. The molecule has 4 rings (SSSR count). The van der Waals surface area contributed by atoms with E-state index >= 15 is 0 Å². The van der Waals surface area contributed by atoms with E-state index < -0.39 is 35.6 Å². The van der Waals surface area contributed by atoms with Crippen molar-refractivity contribution in [2.24, 2.45) is 0 Å². The first-order chi connectivity index (χ1) is 17.0. The Balaban J connectivity index is 1.59. The van der Waals surface area contributed by atoms with Crippen molar-refractivity contribution < 1.29 is 31.9 Å². The van der Waals surface area contributed by atoms with Gasteiger partial charge in [-0.05, 0) is 61.4 Å². The zero-order valence-electron chi connectivity index (χ0n) is 19.0. The first kappa shape index (κ1) is 25.1. The van der Waals surface area contributed by atoms with Crippen LogP contribution in [0.1, 0.15) is 16.9 Å². The molecule has 6 nitrogen and oxygen atoms in total. The minimum atomic E-state index is -5.00. The van der Waals surface area contributed by atoms with E-state index in [1.165, 1.54) is 24.3 Å². The molecule has 1 N–H and O–H groups in total. The number of hydrogen-bond acceptors (Lipinski definition) is 5. The number of carbonyl (C=O) groups excluding carboxylic acids is 1. The first-order valence-electron chi connectivity index (χ1n) is 10.6. The molecule has 4 aromatic rings. The van der Waals surface area contributed by atoms with Crippen molar-refractivity contribution in [1.29, 1.82) is 0 Å². The Bertz CT molecular complexity index is 1510. The van der Waals surface area contributed by atoms with Crippen LogP contribution in [0.5, 0.6) is 17.2 Å². The Hall–Kier alpha value is -3.98. The van der Waals surface area contributed by atoms with E-state index in [4.69, 9.17) is 25.5 Å². The van der Waals surface area contributed by atoms with E-state index in [2.05, 4.69) is 5.32 Å². The van der Waals surface area contributed by atoms with E-state index in [1.54, 1.807) is 37.3 Å². The van der Waals surface area contributed by atoms with E-state index in [0.29, 0.717) is 10.7 Å². The summed E-state index contributed by atoms with van der Waals surface area (Å²) in [6, 6.07) is 14.9. The van der Waals surface area contributed by atoms with Gasteiger partial charge >= 0.3 is 6.18 Å². The summed E-state index contributed by atoms with van der Waals surface area (Å²) in [5.74, 6) is -2.97. The Morgan fingerprint density at radius 3 is 2.50 bits per heavy atom. The number of rotatable bonds is 6. The SMILES string of the molecule is Cc1cccc(Oc2c(C(F)(F)F)oc3cc(OCC(=O)Nc4ccc(C)c(Cl)c4)ccc3c2=O)c1. The summed E-state index contributed by atoms with van der Waals surface area (Å²) in [7, 11) is 0. The number of hydrogen-bond donors (Lipinski definition) is 1. The van der Waals surface area contributed by atoms with Crippen molar-refractivity contribution in [3.05, 3.63) is 92.8 Å². The van der Waals surface area contributed by atoms with Gasteiger partial charge in [-0.3, -0.25) is 9.59 Å². The zero-order valence-corrected chi connectivity index (χ0v) is 19.8. The molecule has 1 amide bonds. The quantitative estimate of drug-likeness (QED) is 0.301. The molecule has 0 aliphatic rings. The molecule has 0 saturated carbocycles. The van der Waals surface area contributed by atoms with Crippen LogP contribution in [-0.2, 0) is 11.0 Å². The van der Waals surface area contributed by atoms with Crippen LogP contribution in [0, 0.1) is 13.8 Å². The standard InChI is InChI=1S/C26H19ClF3NO5/c1-14-4-3-5-18(10-14)35-24-23(33)19-9-8-17(12-21(19)36-25(24)26(28,29)30)34-13-22(32)31-16-7-6-15(2)20(27)11-16/h3-12H,13H2,1-2H3,(H,31,32). The minimum absolute atomic E-state index is 0.0308. The fourth-order valence-electron chi connectivity index (χ4n) is 3.34. The van der Waals surface area contributed by atoms with E-state index in [-0.39, 0.29) is 22.5 Å². The maximum atomic E-state index is 13.7. The van der Waals surface area contributed by atoms with Gasteiger partial charge < -0.3 is 19.2 Å². The first-order valence-corrected chi connectivity index (χ1v) is 11.0. The summed E-state index contributed by atoms with van der Waals surface area (Å²) in [5, 5.41) is 2.94. The van der Waals surface area contributed by atoms with Crippen molar-refractivity contribution in [2.75, 3.05) is 11.9 Å².